The molecule has 0 saturated carbocycles. The van der Waals surface area contributed by atoms with Crippen molar-refractivity contribution in [3.63, 3.8) is 0 Å². The van der Waals surface area contributed by atoms with Gasteiger partial charge in [0, 0.05) is 55.9 Å². The van der Waals surface area contributed by atoms with Crippen LogP contribution in [0.5, 0.6) is 11.5 Å². The summed E-state index contributed by atoms with van der Waals surface area (Å²) >= 11 is 1.50. The number of anilines is 3. The second-order valence-electron chi connectivity index (χ2n) is 10.8. The second-order valence-corrected chi connectivity index (χ2v) is 14.0. The van der Waals surface area contributed by atoms with Gasteiger partial charge in [-0.2, -0.15) is 0 Å². The van der Waals surface area contributed by atoms with E-state index in [1.807, 2.05) is 32.0 Å². The maximum absolute atomic E-state index is 15.1. The van der Waals surface area contributed by atoms with E-state index in [0.717, 1.165) is 39.1 Å². The molecule has 10 nitrogen and oxygen atoms in total. The third kappa shape index (κ3) is 8.21. The molecule has 2 aromatic heterocycles. The Hall–Kier alpha value is -3.81. The fourth-order valence-corrected chi connectivity index (χ4v) is 6.61. The molecule has 1 saturated heterocycles. The average molecular weight is 641 g/mol. The molecule has 1 aliphatic heterocycles. The molecule has 4 aromatic rings. The lowest BCUT2D eigenvalue weighted by Crippen LogP contribution is -2.40. The van der Waals surface area contributed by atoms with Gasteiger partial charge < -0.3 is 25.0 Å². The van der Waals surface area contributed by atoms with Gasteiger partial charge in [0.15, 0.2) is 16.7 Å². The van der Waals surface area contributed by atoms with Crippen molar-refractivity contribution in [3.05, 3.63) is 60.0 Å². The van der Waals surface area contributed by atoms with Crippen molar-refractivity contribution in [2.45, 2.75) is 32.8 Å². The summed E-state index contributed by atoms with van der Waals surface area (Å²) in [6.07, 6.45) is 4.18. The zero-order chi connectivity index (χ0) is 31.3. The minimum absolute atomic E-state index is 0.133. The highest BCUT2D eigenvalue weighted by Gasteiger charge is 2.23. The predicted octanol–water partition coefficient (Wildman–Crippen LogP) is 5.79. The van der Waals surface area contributed by atoms with Crippen LogP contribution < -0.4 is 20.1 Å². The lowest BCUT2D eigenvalue weighted by molar-refractivity contribution is 0.100. The molecule has 13 heteroatoms. The Morgan fingerprint density at radius 1 is 1.11 bits per heavy atom. The van der Waals surface area contributed by atoms with Gasteiger partial charge in [0.05, 0.1) is 29.1 Å². The van der Waals surface area contributed by atoms with Crippen molar-refractivity contribution in [2.75, 3.05) is 55.9 Å². The van der Waals surface area contributed by atoms with E-state index in [1.165, 1.54) is 23.7 Å². The number of nitrogens with zero attached hydrogens (tertiary/aromatic N) is 4. The zero-order valence-corrected chi connectivity index (χ0v) is 26.9. The number of halogens is 1. The molecule has 0 atom stereocenters. The fraction of sp³-hybridized carbons (Fsp3) is 0.387. The summed E-state index contributed by atoms with van der Waals surface area (Å²) in [6.45, 7) is 6.69. The van der Waals surface area contributed by atoms with Gasteiger partial charge in [0.2, 0.25) is 5.95 Å². The summed E-state index contributed by atoms with van der Waals surface area (Å²) in [5.41, 5.74) is 3.93. The number of rotatable bonds is 12. The first-order chi connectivity index (χ1) is 21.1. The quantitative estimate of drug-likeness (QED) is 0.197. The van der Waals surface area contributed by atoms with E-state index < -0.39 is 15.7 Å². The van der Waals surface area contributed by atoms with Crippen molar-refractivity contribution in [1.29, 1.82) is 0 Å². The first kappa shape index (κ1) is 31.6. The highest BCUT2D eigenvalue weighted by molar-refractivity contribution is 7.90. The van der Waals surface area contributed by atoms with Gasteiger partial charge in [-0.15, -0.1) is 0 Å². The number of sulfone groups is 1. The SMILES string of the molecule is CCNc1nc(-c2cc(C)cc(OC)c2)c(-c2ccnc(Nc3ccc(OC4CCN(CCS(C)(=O)=O)CC4)c(F)c3)n2)s1. The molecule has 234 valence electrons. The van der Waals surface area contributed by atoms with Crippen LogP contribution in [0.1, 0.15) is 25.3 Å². The van der Waals surface area contributed by atoms with E-state index in [9.17, 15) is 8.42 Å². The van der Waals surface area contributed by atoms with E-state index >= 15 is 4.39 Å². The number of hydrogen-bond donors (Lipinski definition) is 2. The third-order valence-corrected chi connectivity index (χ3v) is 9.16. The van der Waals surface area contributed by atoms with Crippen LogP contribution in [0, 0.1) is 12.7 Å². The molecule has 44 heavy (non-hydrogen) atoms. The highest BCUT2D eigenvalue weighted by atomic mass is 32.2. The topological polar surface area (TPSA) is 119 Å². The van der Waals surface area contributed by atoms with Gasteiger partial charge >= 0.3 is 0 Å². The van der Waals surface area contributed by atoms with Crippen molar-refractivity contribution in [2.24, 2.45) is 0 Å². The van der Waals surface area contributed by atoms with E-state index in [0.29, 0.717) is 49.8 Å². The Morgan fingerprint density at radius 2 is 1.91 bits per heavy atom. The Kier molecular flexibility index (Phi) is 9.97. The Labute approximate surface area is 261 Å². The molecule has 0 radical (unpaired) electrons. The lowest BCUT2D eigenvalue weighted by Gasteiger charge is -2.32. The minimum Gasteiger partial charge on any atom is -0.497 e. The lowest BCUT2D eigenvalue weighted by atomic mass is 10.1. The number of aryl methyl sites for hydroxylation is 1. The second kappa shape index (κ2) is 13.9. The smallest absolute Gasteiger partial charge is 0.227 e. The maximum Gasteiger partial charge on any atom is 0.227 e. The first-order valence-electron chi connectivity index (χ1n) is 14.5. The van der Waals surface area contributed by atoms with Crippen LogP contribution in [0.4, 0.5) is 21.2 Å². The molecule has 5 rings (SSSR count). The summed E-state index contributed by atoms with van der Waals surface area (Å²) in [5, 5.41) is 7.19. The summed E-state index contributed by atoms with van der Waals surface area (Å²) in [7, 11) is -1.36. The predicted molar refractivity (Wildman–Crippen MR) is 174 cm³/mol. The monoisotopic (exact) mass is 640 g/mol. The van der Waals surface area contributed by atoms with Gasteiger partial charge in [-0.1, -0.05) is 11.3 Å². The summed E-state index contributed by atoms with van der Waals surface area (Å²) in [6, 6.07) is 12.5. The third-order valence-electron chi connectivity index (χ3n) is 7.20. The fourth-order valence-electron chi connectivity index (χ4n) is 4.99. The van der Waals surface area contributed by atoms with E-state index in [4.69, 9.17) is 19.4 Å². The van der Waals surface area contributed by atoms with Crippen LogP contribution in [0.3, 0.4) is 0 Å². The largest absolute Gasteiger partial charge is 0.497 e. The number of benzene rings is 2. The van der Waals surface area contributed by atoms with Crippen LogP contribution >= 0.6 is 11.3 Å². The Bertz CT molecular complexity index is 1710. The Morgan fingerprint density at radius 3 is 2.61 bits per heavy atom. The van der Waals surface area contributed by atoms with Gasteiger partial charge in [-0.05, 0) is 68.7 Å². The average Bonchev–Trinajstić information content (AvgIpc) is 3.42. The van der Waals surface area contributed by atoms with Crippen LogP contribution in [0.2, 0.25) is 0 Å². The molecule has 0 unspecified atom stereocenters. The van der Waals surface area contributed by atoms with Crippen LogP contribution in [0.25, 0.3) is 21.8 Å². The summed E-state index contributed by atoms with van der Waals surface area (Å²) < 4.78 is 49.4. The number of likely N-dealkylation sites (tertiary alicyclic amines) is 1. The normalized spacial score (nSPS) is 14.4. The van der Waals surface area contributed by atoms with Crippen LogP contribution in [0.15, 0.2) is 48.7 Å². The number of thiazole rings is 1. The molecule has 1 aliphatic rings. The first-order valence-corrected chi connectivity index (χ1v) is 17.4. The van der Waals surface area contributed by atoms with Gasteiger partial charge in [0.25, 0.3) is 0 Å². The van der Waals surface area contributed by atoms with Gasteiger partial charge in [0.1, 0.15) is 21.7 Å². The van der Waals surface area contributed by atoms with E-state index in [1.54, 1.807) is 25.4 Å². The number of aromatic nitrogens is 3. The van der Waals surface area contributed by atoms with Crippen molar-refractivity contribution >= 4 is 37.9 Å². The van der Waals surface area contributed by atoms with Gasteiger partial charge in [-0.25, -0.2) is 27.8 Å². The standard InChI is InChI=1S/C31H37FN6O4S2/c1-5-33-31-37-28(21-16-20(2)17-24(18-21)41-3)29(43-31)26-8-11-34-30(36-26)35-22-6-7-27(25(32)19-22)42-23-9-12-38(13-10-23)14-15-44(4,39)40/h6-8,11,16-19,23H,5,9-10,12-15H2,1-4H3,(H,33,37)(H,34,35,36). The zero-order valence-electron chi connectivity index (χ0n) is 25.3. The number of ether oxygens (including phenoxy) is 2. The van der Waals surface area contributed by atoms with E-state index in [-0.39, 0.29) is 17.6 Å². The number of piperidine rings is 1. The van der Waals surface area contributed by atoms with E-state index in [2.05, 4.69) is 26.6 Å². The molecular weight excluding hydrogens is 604 g/mol. The minimum atomic E-state index is -3.00. The van der Waals surface area contributed by atoms with Crippen LogP contribution in [-0.2, 0) is 9.84 Å². The molecule has 0 amide bonds. The van der Waals surface area contributed by atoms with Crippen molar-refractivity contribution < 1.29 is 22.3 Å². The molecule has 2 N–H and O–H groups in total. The molecule has 3 heterocycles. The Balaban J connectivity index is 1.29. The molecule has 1 fully saturated rings. The highest BCUT2D eigenvalue weighted by Crippen LogP contribution is 2.40. The molecule has 0 bridgehead atoms. The van der Waals surface area contributed by atoms with Gasteiger partial charge in [-0.3, -0.25) is 0 Å². The summed E-state index contributed by atoms with van der Waals surface area (Å²) in [5.74, 6) is 0.901. The van der Waals surface area contributed by atoms with Crippen LogP contribution in [-0.4, -0.2) is 79.7 Å². The summed E-state index contributed by atoms with van der Waals surface area (Å²) in [4.78, 5) is 16.9. The maximum atomic E-state index is 15.1. The number of nitrogens with one attached hydrogen (secondary N) is 2. The number of methoxy groups -OCH3 is 1. The van der Waals surface area contributed by atoms with Crippen molar-refractivity contribution in [3.8, 4) is 33.3 Å². The van der Waals surface area contributed by atoms with Crippen molar-refractivity contribution in [1.82, 2.24) is 19.9 Å². The molecule has 0 spiro atoms. The molecule has 2 aromatic carbocycles. The molecule has 0 aliphatic carbocycles. The number of hydrogen-bond acceptors (Lipinski definition) is 11. The molecular formula is C31H37FN6O4S2.